The first-order valence-corrected chi connectivity index (χ1v) is 5.40. The summed E-state index contributed by atoms with van der Waals surface area (Å²) < 4.78 is 43.0. The summed E-state index contributed by atoms with van der Waals surface area (Å²) in [5.74, 6) is 0.0931. The zero-order chi connectivity index (χ0) is 14.9. The number of halogens is 3. The van der Waals surface area contributed by atoms with Gasteiger partial charge in [0.15, 0.2) is 0 Å². The highest BCUT2D eigenvalue weighted by Gasteiger charge is 2.31. The second-order valence-corrected chi connectivity index (χ2v) is 3.90. The Balaban J connectivity index is 2.71. The number of hydrogen-bond donors (Lipinski definition) is 2. The van der Waals surface area contributed by atoms with Crippen LogP contribution in [-0.4, -0.2) is 17.1 Å². The van der Waals surface area contributed by atoms with Gasteiger partial charge in [0.1, 0.15) is 5.75 Å². The molecule has 20 heavy (non-hydrogen) atoms. The standard InChI is InChI=1S/C12H9F3N2O3/c1-20-9-3-2-6(12(13,14)15)4-7(9)8-5-16-11(19)17-10(8)18/h2-5H,1H3,(H2,16,17,18,19). The smallest absolute Gasteiger partial charge is 0.416 e. The van der Waals surface area contributed by atoms with Crippen LogP contribution in [0.2, 0.25) is 0 Å². The number of aromatic nitrogens is 2. The predicted molar refractivity (Wildman–Crippen MR) is 64.7 cm³/mol. The van der Waals surface area contributed by atoms with Gasteiger partial charge in [-0.3, -0.25) is 9.78 Å². The summed E-state index contributed by atoms with van der Waals surface area (Å²) >= 11 is 0. The molecule has 2 rings (SSSR count). The van der Waals surface area contributed by atoms with Gasteiger partial charge in [-0.15, -0.1) is 0 Å². The van der Waals surface area contributed by atoms with Gasteiger partial charge in [0.05, 0.1) is 18.2 Å². The van der Waals surface area contributed by atoms with Crippen molar-refractivity contribution < 1.29 is 17.9 Å². The zero-order valence-electron chi connectivity index (χ0n) is 10.2. The van der Waals surface area contributed by atoms with Crippen molar-refractivity contribution in [2.75, 3.05) is 7.11 Å². The molecule has 0 aliphatic carbocycles. The van der Waals surface area contributed by atoms with Crippen LogP contribution < -0.4 is 16.0 Å². The van der Waals surface area contributed by atoms with E-state index in [1.807, 2.05) is 4.98 Å². The quantitative estimate of drug-likeness (QED) is 0.883. The van der Waals surface area contributed by atoms with E-state index < -0.39 is 23.0 Å². The Bertz CT molecular complexity index is 747. The lowest BCUT2D eigenvalue weighted by Gasteiger charge is -2.12. The van der Waals surface area contributed by atoms with E-state index in [0.29, 0.717) is 0 Å². The second kappa shape index (κ2) is 4.87. The molecule has 0 fully saturated rings. The van der Waals surface area contributed by atoms with Crippen LogP contribution in [0, 0.1) is 0 Å². The number of benzene rings is 1. The molecular formula is C12H9F3N2O3. The maximum Gasteiger partial charge on any atom is 0.416 e. The molecular weight excluding hydrogens is 277 g/mol. The van der Waals surface area contributed by atoms with Crippen molar-refractivity contribution in [2.45, 2.75) is 6.18 Å². The molecule has 0 unspecified atom stereocenters. The Morgan fingerprint density at radius 3 is 2.40 bits per heavy atom. The van der Waals surface area contributed by atoms with E-state index in [1.54, 1.807) is 0 Å². The topological polar surface area (TPSA) is 75.0 Å². The predicted octanol–water partition coefficient (Wildman–Crippen LogP) is 1.76. The normalized spacial score (nSPS) is 11.4. The molecule has 1 aromatic heterocycles. The first kappa shape index (κ1) is 13.9. The highest BCUT2D eigenvalue weighted by atomic mass is 19.4. The number of methoxy groups -OCH3 is 1. The van der Waals surface area contributed by atoms with Crippen LogP contribution in [0.1, 0.15) is 5.56 Å². The number of aromatic amines is 2. The minimum absolute atomic E-state index is 0.0557. The molecule has 8 heteroatoms. The maximum atomic E-state index is 12.7. The second-order valence-electron chi connectivity index (χ2n) is 3.90. The average Bonchev–Trinajstić information content (AvgIpc) is 2.37. The first-order valence-electron chi connectivity index (χ1n) is 5.40. The van der Waals surface area contributed by atoms with Crippen molar-refractivity contribution >= 4 is 0 Å². The van der Waals surface area contributed by atoms with Crippen molar-refractivity contribution in [3.8, 4) is 16.9 Å². The SMILES string of the molecule is COc1ccc(C(F)(F)F)cc1-c1c[nH]c(=O)[nH]c1=O. The Hall–Kier alpha value is -2.51. The van der Waals surface area contributed by atoms with Crippen LogP contribution in [-0.2, 0) is 6.18 Å². The minimum Gasteiger partial charge on any atom is -0.496 e. The molecule has 0 saturated heterocycles. The summed E-state index contributed by atoms with van der Waals surface area (Å²) in [5, 5.41) is 0. The van der Waals surface area contributed by atoms with Gasteiger partial charge in [0, 0.05) is 11.8 Å². The molecule has 0 aliphatic heterocycles. The lowest BCUT2D eigenvalue weighted by molar-refractivity contribution is -0.137. The minimum atomic E-state index is -4.55. The first-order chi connectivity index (χ1) is 9.32. The van der Waals surface area contributed by atoms with Crippen molar-refractivity contribution in [3.63, 3.8) is 0 Å². The molecule has 0 radical (unpaired) electrons. The summed E-state index contributed by atoms with van der Waals surface area (Å²) in [4.78, 5) is 26.7. The van der Waals surface area contributed by atoms with Gasteiger partial charge < -0.3 is 9.72 Å². The molecule has 1 heterocycles. The van der Waals surface area contributed by atoms with E-state index in [4.69, 9.17) is 4.74 Å². The van der Waals surface area contributed by atoms with E-state index in [2.05, 4.69) is 4.98 Å². The molecule has 2 N–H and O–H groups in total. The van der Waals surface area contributed by atoms with Crippen molar-refractivity contribution in [2.24, 2.45) is 0 Å². The van der Waals surface area contributed by atoms with E-state index in [1.165, 1.54) is 7.11 Å². The van der Waals surface area contributed by atoms with Crippen molar-refractivity contribution in [1.82, 2.24) is 9.97 Å². The molecule has 0 saturated carbocycles. The van der Waals surface area contributed by atoms with Crippen LogP contribution in [0.3, 0.4) is 0 Å². The zero-order valence-corrected chi connectivity index (χ0v) is 10.2. The number of H-pyrrole nitrogens is 2. The van der Waals surface area contributed by atoms with Crippen LogP contribution in [0.5, 0.6) is 5.75 Å². The van der Waals surface area contributed by atoms with E-state index in [-0.39, 0.29) is 16.9 Å². The Kier molecular flexibility index (Phi) is 3.39. The lowest BCUT2D eigenvalue weighted by Crippen LogP contribution is -2.22. The van der Waals surface area contributed by atoms with E-state index in [0.717, 1.165) is 24.4 Å². The van der Waals surface area contributed by atoms with Gasteiger partial charge in [-0.25, -0.2) is 4.79 Å². The Morgan fingerprint density at radius 2 is 1.85 bits per heavy atom. The highest BCUT2D eigenvalue weighted by Crippen LogP contribution is 2.35. The largest absolute Gasteiger partial charge is 0.496 e. The number of hydrogen-bond acceptors (Lipinski definition) is 3. The lowest BCUT2D eigenvalue weighted by atomic mass is 10.0. The van der Waals surface area contributed by atoms with E-state index >= 15 is 0 Å². The van der Waals surface area contributed by atoms with Gasteiger partial charge in [0.25, 0.3) is 5.56 Å². The highest BCUT2D eigenvalue weighted by molar-refractivity contribution is 5.70. The van der Waals surface area contributed by atoms with Gasteiger partial charge in [0.2, 0.25) is 0 Å². The summed E-state index contributed by atoms with van der Waals surface area (Å²) in [5.41, 5.74) is -2.64. The monoisotopic (exact) mass is 286 g/mol. The third-order valence-electron chi connectivity index (χ3n) is 2.64. The van der Waals surface area contributed by atoms with Gasteiger partial charge in [-0.05, 0) is 18.2 Å². The molecule has 0 amide bonds. The average molecular weight is 286 g/mol. The summed E-state index contributed by atoms with van der Waals surface area (Å²) in [6, 6.07) is 2.76. The Morgan fingerprint density at radius 1 is 1.15 bits per heavy atom. The van der Waals surface area contributed by atoms with Crippen LogP contribution in [0.15, 0.2) is 34.0 Å². The molecule has 0 aliphatic rings. The van der Waals surface area contributed by atoms with Crippen molar-refractivity contribution in [1.29, 1.82) is 0 Å². The van der Waals surface area contributed by atoms with Crippen LogP contribution in [0.4, 0.5) is 13.2 Å². The molecule has 0 spiro atoms. The molecule has 1 aromatic carbocycles. The molecule has 0 atom stereocenters. The molecule has 2 aromatic rings. The fourth-order valence-electron chi connectivity index (χ4n) is 1.70. The summed E-state index contributed by atoms with van der Waals surface area (Å²) in [6.07, 6.45) is -3.50. The third kappa shape index (κ3) is 2.58. The third-order valence-corrected chi connectivity index (χ3v) is 2.64. The molecule has 106 valence electrons. The Labute approximate surface area is 110 Å². The number of rotatable bonds is 2. The number of nitrogens with one attached hydrogen (secondary N) is 2. The van der Waals surface area contributed by atoms with Gasteiger partial charge in [-0.2, -0.15) is 13.2 Å². The van der Waals surface area contributed by atoms with E-state index in [9.17, 15) is 22.8 Å². The van der Waals surface area contributed by atoms with Gasteiger partial charge >= 0.3 is 11.9 Å². The van der Waals surface area contributed by atoms with Crippen LogP contribution in [0.25, 0.3) is 11.1 Å². The number of alkyl halides is 3. The summed E-state index contributed by atoms with van der Waals surface area (Å²) in [7, 11) is 1.27. The molecule has 5 nitrogen and oxygen atoms in total. The maximum absolute atomic E-state index is 12.7. The van der Waals surface area contributed by atoms with Crippen LogP contribution >= 0.6 is 0 Å². The molecule has 0 bridgehead atoms. The number of ether oxygens (including phenoxy) is 1. The fraction of sp³-hybridized carbons (Fsp3) is 0.167. The van der Waals surface area contributed by atoms with Crippen molar-refractivity contribution in [3.05, 3.63) is 50.8 Å². The fourth-order valence-corrected chi connectivity index (χ4v) is 1.70. The van der Waals surface area contributed by atoms with Gasteiger partial charge in [-0.1, -0.05) is 0 Å². The summed E-state index contributed by atoms with van der Waals surface area (Å²) in [6.45, 7) is 0.